The fourth-order valence-corrected chi connectivity index (χ4v) is 1.80. The maximum Gasteiger partial charge on any atom is 0.335 e. The zero-order valence-electron chi connectivity index (χ0n) is 12.0. The highest BCUT2D eigenvalue weighted by Crippen LogP contribution is 2.16. The Hall–Kier alpha value is -2.70. The maximum absolute atomic E-state index is 12.0. The van der Waals surface area contributed by atoms with E-state index in [0.717, 1.165) is 0 Å². The molecule has 21 heavy (non-hydrogen) atoms. The van der Waals surface area contributed by atoms with Gasteiger partial charge in [-0.25, -0.2) is 9.78 Å². The number of H-pyrrole nitrogens is 1. The molecule has 1 amide bonds. The van der Waals surface area contributed by atoms with Gasteiger partial charge < -0.3 is 10.4 Å². The van der Waals surface area contributed by atoms with Crippen LogP contribution in [0.5, 0.6) is 0 Å². The lowest BCUT2D eigenvalue weighted by Crippen LogP contribution is -2.14. The molecule has 3 N–H and O–H groups in total. The summed E-state index contributed by atoms with van der Waals surface area (Å²) in [5, 5.41) is 18.2. The van der Waals surface area contributed by atoms with E-state index in [1.807, 2.05) is 13.8 Å². The van der Waals surface area contributed by atoms with Gasteiger partial charge in [0.05, 0.1) is 5.56 Å². The molecule has 1 aromatic carbocycles. The van der Waals surface area contributed by atoms with Gasteiger partial charge in [0.2, 0.25) is 5.82 Å². The minimum Gasteiger partial charge on any atom is -0.478 e. The van der Waals surface area contributed by atoms with E-state index in [2.05, 4.69) is 20.5 Å². The molecular formula is C14H16N4O3. The molecule has 0 spiro atoms. The molecule has 0 fully saturated rings. The summed E-state index contributed by atoms with van der Waals surface area (Å²) in [5.74, 6) is -0.603. The number of benzene rings is 1. The van der Waals surface area contributed by atoms with E-state index in [0.29, 0.717) is 17.1 Å². The summed E-state index contributed by atoms with van der Waals surface area (Å²) in [6.07, 6.45) is 0. The second-order valence-electron chi connectivity index (χ2n) is 4.99. The van der Waals surface area contributed by atoms with Crippen molar-refractivity contribution >= 4 is 17.6 Å². The summed E-state index contributed by atoms with van der Waals surface area (Å²) in [4.78, 5) is 27.0. The van der Waals surface area contributed by atoms with Crippen LogP contribution in [0.15, 0.2) is 18.2 Å². The molecule has 110 valence electrons. The first kappa shape index (κ1) is 14.7. The number of nitrogens with one attached hydrogen (secondary N) is 2. The zero-order chi connectivity index (χ0) is 15.6. The third kappa shape index (κ3) is 3.25. The molecular weight excluding hydrogens is 272 g/mol. The van der Waals surface area contributed by atoms with Crippen molar-refractivity contribution in [3.8, 4) is 0 Å². The first-order chi connectivity index (χ1) is 9.88. The number of aromatic carboxylic acids is 1. The first-order valence-electron chi connectivity index (χ1n) is 6.46. The highest BCUT2D eigenvalue weighted by Gasteiger charge is 2.15. The molecule has 0 aliphatic carbocycles. The minimum atomic E-state index is -0.999. The number of aromatic nitrogens is 3. The normalized spacial score (nSPS) is 10.7. The molecule has 0 radical (unpaired) electrons. The van der Waals surface area contributed by atoms with Crippen molar-refractivity contribution in [1.82, 2.24) is 15.2 Å². The van der Waals surface area contributed by atoms with Gasteiger partial charge in [-0.2, -0.15) is 0 Å². The molecule has 2 rings (SSSR count). The van der Waals surface area contributed by atoms with Crippen molar-refractivity contribution in [3.63, 3.8) is 0 Å². The molecule has 7 nitrogen and oxygen atoms in total. The Balaban J connectivity index is 2.15. The molecule has 0 saturated carbocycles. The summed E-state index contributed by atoms with van der Waals surface area (Å²) in [6.45, 7) is 5.55. The lowest BCUT2D eigenvalue weighted by atomic mass is 10.1. The smallest absolute Gasteiger partial charge is 0.335 e. The van der Waals surface area contributed by atoms with Crippen LogP contribution in [0, 0.1) is 6.92 Å². The number of hydrogen-bond acceptors (Lipinski definition) is 4. The number of rotatable bonds is 4. The van der Waals surface area contributed by atoms with Gasteiger partial charge in [0.1, 0.15) is 5.82 Å². The van der Waals surface area contributed by atoms with Crippen molar-refractivity contribution in [1.29, 1.82) is 0 Å². The number of carboxylic acid groups (broad SMARTS) is 1. The van der Waals surface area contributed by atoms with Gasteiger partial charge in [-0.05, 0) is 30.7 Å². The highest BCUT2D eigenvalue weighted by molar-refractivity contribution is 6.02. The van der Waals surface area contributed by atoms with Gasteiger partial charge in [-0.3, -0.25) is 9.89 Å². The zero-order valence-corrected chi connectivity index (χ0v) is 12.0. The third-order valence-corrected chi connectivity index (χ3v) is 2.97. The average Bonchev–Trinajstić information content (AvgIpc) is 2.88. The Kier molecular flexibility index (Phi) is 4.02. The van der Waals surface area contributed by atoms with E-state index in [1.54, 1.807) is 13.0 Å². The summed E-state index contributed by atoms with van der Waals surface area (Å²) in [7, 11) is 0. The van der Waals surface area contributed by atoms with Crippen LogP contribution in [0.4, 0.5) is 5.69 Å². The van der Waals surface area contributed by atoms with Gasteiger partial charge in [-0.1, -0.05) is 13.8 Å². The van der Waals surface area contributed by atoms with Gasteiger partial charge in [-0.15, -0.1) is 5.10 Å². The van der Waals surface area contributed by atoms with Crippen molar-refractivity contribution in [3.05, 3.63) is 41.0 Å². The Bertz CT molecular complexity index is 691. The molecule has 0 atom stereocenters. The molecule has 0 unspecified atom stereocenters. The topological polar surface area (TPSA) is 108 Å². The Morgan fingerprint density at radius 3 is 2.57 bits per heavy atom. The predicted octanol–water partition coefficient (Wildman–Crippen LogP) is 2.19. The lowest BCUT2D eigenvalue weighted by Gasteiger charge is -2.06. The Morgan fingerprint density at radius 1 is 1.33 bits per heavy atom. The lowest BCUT2D eigenvalue weighted by molar-refractivity contribution is 0.0696. The third-order valence-electron chi connectivity index (χ3n) is 2.97. The molecule has 0 saturated heterocycles. The number of amides is 1. The number of nitrogens with zero attached hydrogens (tertiary/aromatic N) is 2. The van der Waals surface area contributed by atoms with Crippen molar-refractivity contribution in [2.75, 3.05) is 5.32 Å². The largest absolute Gasteiger partial charge is 0.478 e. The minimum absolute atomic E-state index is 0.0543. The molecule has 0 aliphatic rings. The van der Waals surface area contributed by atoms with E-state index in [1.165, 1.54) is 12.1 Å². The van der Waals surface area contributed by atoms with E-state index >= 15 is 0 Å². The summed E-state index contributed by atoms with van der Waals surface area (Å²) >= 11 is 0. The number of hydrogen-bond donors (Lipinski definition) is 3. The van der Waals surface area contributed by atoms with Crippen LogP contribution in [0.3, 0.4) is 0 Å². The number of aromatic amines is 1. The monoisotopic (exact) mass is 288 g/mol. The van der Waals surface area contributed by atoms with Crippen LogP contribution in [0.25, 0.3) is 0 Å². The quantitative estimate of drug-likeness (QED) is 0.799. The Labute approximate surface area is 121 Å². The first-order valence-corrected chi connectivity index (χ1v) is 6.46. The maximum atomic E-state index is 12.0. The van der Waals surface area contributed by atoms with Crippen molar-refractivity contribution < 1.29 is 14.7 Å². The fraction of sp³-hybridized carbons (Fsp3) is 0.286. The van der Waals surface area contributed by atoms with Crippen LogP contribution in [-0.2, 0) is 0 Å². The SMILES string of the molecule is Cc1cc(NC(=O)c2n[nH]c(C(C)C)n2)ccc1C(=O)O. The average molecular weight is 288 g/mol. The second kappa shape index (κ2) is 5.74. The molecule has 2 aromatic rings. The Morgan fingerprint density at radius 2 is 2.05 bits per heavy atom. The van der Waals surface area contributed by atoms with Gasteiger partial charge in [0, 0.05) is 11.6 Å². The van der Waals surface area contributed by atoms with Crippen LogP contribution in [0.1, 0.15) is 52.1 Å². The van der Waals surface area contributed by atoms with Gasteiger partial charge in [0.25, 0.3) is 5.91 Å². The number of anilines is 1. The molecule has 7 heteroatoms. The van der Waals surface area contributed by atoms with Crippen LogP contribution < -0.4 is 5.32 Å². The molecule has 0 bridgehead atoms. The highest BCUT2D eigenvalue weighted by atomic mass is 16.4. The fourth-order valence-electron chi connectivity index (χ4n) is 1.80. The number of carbonyl (C=O) groups excluding carboxylic acids is 1. The molecule has 0 aliphatic heterocycles. The van der Waals surface area contributed by atoms with E-state index < -0.39 is 11.9 Å². The van der Waals surface area contributed by atoms with E-state index in [4.69, 9.17) is 5.11 Å². The van der Waals surface area contributed by atoms with Crippen LogP contribution >= 0.6 is 0 Å². The standard InChI is InChI=1S/C14H16N4O3/c1-7(2)11-16-12(18-17-11)13(19)15-9-4-5-10(14(20)21)8(3)6-9/h4-7H,1-3H3,(H,15,19)(H,20,21)(H,16,17,18). The number of aryl methyl sites for hydroxylation is 1. The summed E-state index contributed by atoms with van der Waals surface area (Å²) < 4.78 is 0. The van der Waals surface area contributed by atoms with Gasteiger partial charge in [0.15, 0.2) is 0 Å². The van der Waals surface area contributed by atoms with Crippen molar-refractivity contribution in [2.24, 2.45) is 0 Å². The van der Waals surface area contributed by atoms with E-state index in [-0.39, 0.29) is 17.3 Å². The number of carboxylic acids is 1. The molecule has 1 heterocycles. The molecule has 1 aromatic heterocycles. The van der Waals surface area contributed by atoms with Crippen molar-refractivity contribution in [2.45, 2.75) is 26.7 Å². The van der Waals surface area contributed by atoms with Crippen LogP contribution in [0.2, 0.25) is 0 Å². The van der Waals surface area contributed by atoms with Crippen LogP contribution in [-0.4, -0.2) is 32.2 Å². The number of carbonyl (C=O) groups is 2. The summed E-state index contributed by atoms with van der Waals surface area (Å²) in [6, 6.07) is 4.58. The van der Waals surface area contributed by atoms with Gasteiger partial charge >= 0.3 is 5.97 Å². The summed E-state index contributed by atoms with van der Waals surface area (Å²) in [5.41, 5.74) is 1.27. The predicted molar refractivity (Wildman–Crippen MR) is 76.6 cm³/mol. The van der Waals surface area contributed by atoms with E-state index in [9.17, 15) is 9.59 Å². The second-order valence-corrected chi connectivity index (χ2v) is 4.99.